The van der Waals surface area contributed by atoms with E-state index in [9.17, 15) is 18.0 Å². The number of pyridine rings is 1. The van der Waals surface area contributed by atoms with Gasteiger partial charge < -0.3 is 5.32 Å². The summed E-state index contributed by atoms with van der Waals surface area (Å²) in [6.07, 6.45) is 3.84. The van der Waals surface area contributed by atoms with Crippen molar-refractivity contribution in [2.75, 3.05) is 6.54 Å². The number of carbonyl (C=O) groups excluding carboxylic acids is 1. The van der Waals surface area contributed by atoms with E-state index in [1.165, 1.54) is 6.20 Å². The quantitative estimate of drug-likeness (QED) is 0.732. The summed E-state index contributed by atoms with van der Waals surface area (Å²) < 4.78 is 41.5. The van der Waals surface area contributed by atoms with E-state index in [1.807, 2.05) is 0 Å². The van der Waals surface area contributed by atoms with Gasteiger partial charge in [-0.1, -0.05) is 0 Å². The predicted octanol–water partition coefficient (Wildman–Crippen LogP) is 2.56. The van der Waals surface area contributed by atoms with Crippen LogP contribution >= 0.6 is 0 Å². The molecule has 132 valence electrons. The molecule has 0 unspecified atom stereocenters. The van der Waals surface area contributed by atoms with Crippen LogP contribution in [0.25, 0.3) is 5.69 Å². The van der Waals surface area contributed by atoms with Crippen LogP contribution in [0.5, 0.6) is 0 Å². The number of halogens is 3. The van der Waals surface area contributed by atoms with E-state index in [0.29, 0.717) is 29.9 Å². The van der Waals surface area contributed by atoms with E-state index in [4.69, 9.17) is 0 Å². The molecule has 0 aliphatic carbocycles. The lowest BCUT2D eigenvalue weighted by Gasteiger charge is -2.15. The Morgan fingerprint density at radius 3 is 2.69 bits per heavy atom. The Balaban J connectivity index is 1.67. The van der Waals surface area contributed by atoms with Gasteiger partial charge in [0.2, 0.25) is 0 Å². The van der Waals surface area contributed by atoms with Crippen molar-refractivity contribution in [3.8, 4) is 5.69 Å². The van der Waals surface area contributed by atoms with Gasteiger partial charge in [-0.25, -0.2) is 17.9 Å². The van der Waals surface area contributed by atoms with Crippen molar-refractivity contribution in [1.29, 1.82) is 0 Å². The van der Waals surface area contributed by atoms with Gasteiger partial charge in [0.15, 0.2) is 17.5 Å². The summed E-state index contributed by atoms with van der Waals surface area (Å²) in [5.74, 6) is -4.12. The van der Waals surface area contributed by atoms with Crippen molar-refractivity contribution in [3.05, 3.63) is 76.6 Å². The lowest BCUT2D eigenvalue weighted by Crippen LogP contribution is -2.32. The second-order valence-electron chi connectivity index (χ2n) is 5.98. The Hall–Kier alpha value is -3.16. The molecule has 0 saturated carbocycles. The second kappa shape index (κ2) is 6.29. The second-order valence-corrected chi connectivity index (χ2v) is 5.98. The zero-order valence-corrected chi connectivity index (χ0v) is 13.5. The number of amides is 1. The monoisotopic (exact) mass is 358 g/mol. The van der Waals surface area contributed by atoms with E-state index in [0.717, 1.165) is 17.8 Å². The van der Waals surface area contributed by atoms with Crippen LogP contribution in [0, 0.1) is 17.5 Å². The normalized spacial score (nSPS) is 13.4. The molecule has 2 aromatic heterocycles. The van der Waals surface area contributed by atoms with Gasteiger partial charge in [0.1, 0.15) is 0 Å². The molecule has 1 N–H and O–H groups in total. The number of nitrogens with zero attached hydrogens (tertiary/aromatic N) is 3. The zero-order valence-electron chi connectivity index (χ0n) is 13.5. The van der Waals surface area contributed by atoms with Gasteiger partial charge in [-0.05, 0) is 29.8 Å². The lowest BCUT2D eigenvalue weighted by atomic mass is 10.1. The molecular weight excluding hydrogens is 345 g/mol. The van der Waals surface area contributed by atoms with E-state index in [1.54, 1.807) is 23.0 Å². The highest BCUT2D eigenvalue weighted by Crippen LogP contribution is 2.20. The Labute approximate surface area is 146 Å². The average Bonchev–Trinajstić information content (AvgIpc) is 3.05. The number of hydrogen-bond donors (Lipinski definition) is 1. The molecule has 0 saturated heterocycles. The van der Waals surface area contributed by atoms with Gasteiger partial charge in [0, 0.05) is 31.3 Å². The maximum absolute atomic E-state index is 13.4. The summed E-state index contributed by atoms with van der Waals surface area (Å²) in [6.45, 7) is 0.531. The van der Waals surface area contributed by atoms with Crippen LogP contribution in [0.4, 0.5) is 13.2 Å². The SMILES string of the molecule is O=C1NCCc2c1cnn2-c1ccnc(Cc2cc(F)c(F)c(F)c2)c1. The van der Waals surface area contributed by atoms with Gasteiger partial charge >= 0.3 is 0 Å². The fourth-order valence-corrected chi connectivity index (χ4v) is 3.03. The molecule has 1 aromatic carbocycles. The van der Waals surface area contributed by atoms with Crippen LogP contribution < -0.4 is 5.32 Å². The molecular formula is C18H13F3N4O. The molecule has 26 heavy (non-hydrogen) atoms. The van der Waals surface area contributed by atoms with E-state index < -0.39 is 17.5 Å². The zero-order chi connectivity index (χ0) is 18.3. The molecule has 1 aliphatic rings. The number of carbonyl (C=O) groups is 1. The van der Waals surface area contributed by atoms with Crippen molar-refractivity contribution >= 4 is 5.91 Å². The van der Waals surface area contributed by atoms with Crippen LogP contribution in [-0.2, 0) is 12.8 Å². The number of rotatable bonds is 3. The summed E-state index contributed by atoms with van der Waals surface area (Å²) in [5, 5.41) is 7.02. The first-order valence-electron chi connectivity index (χ1n) is 7.97. The Bertz CT molecular complexity index is 992. The summed E-state index contributed by atoms with van der Waals surface area (Å²) in [4.78, 5) is 16.0. The first kappa shape index (κ1) is 16.3. The minimum atomic E-state index is -1.49. The van der Waals surface area contributed by atoms with Gasteiger partial charge in [0.05, 0.1) is 23.1 Å². The summed E-state index contributed by atoms with van der Waals surface area (Å²) in [5.41, 5.74) is 2.82. The van der Waals surface area contributed by atoms with E-state index >= 15 is 0 Å². The maximum atomic E-state index is 13.4. The van der Waals surface area contributed by atoms with Crippen LogP contribution in [-0.4, -0.2) is 27.2 Å². The fourth-order valence-electron chi connectivity index (χ4n) is 3.03. The highest BCUT2D eigenvalue weighted by molar-refractivity contribution is 5.96. The molecule has 1 aliphatic heterocycles. The number of aromatic nitrogens is 3. The van der Waals surface area contributed by atoms with Gasteiger partial charge in [-0.2, -0.15) is 5.10 Å². The van der Waals surface area contributed by atoms with Gasteiger partial charge in [-0.15, -0.1) is 0 Å². The minimum Gasteiger partial charge on any atom is -0.352 e. The molecule has 0 spiro atoms. The topological polar surface area (TPSA) is 59.8 Å². The van der Waals surface area contributed by atoms with E-state index in [-0.39, 0.29) is 17.9 Å². The number of nitrogens with one attached hydrogen (secondary N) is 1. The predicted molar refractivity (Wildman–Crippen MR) is 86.5 cm³/mol. The molecule has 0 radical (unpaired) electrons. The van der Waals surface area contributed by atoms with Crippen molar-refractivity contribution < 1.29 is 18.0 Å². The molecule has 4 rings (SSSR count). The molecule has 0 fully saturated rings. The first-order valence-corrected chi connectivity index (χ1v) is 7.97. The molecule has 0 bridgehead atoms. The number of fused-ring (bicyclic) bond motifs is 1. The third kappa shape index (κ3) is 2.83. The minimum absolute atomic E-state index is 0.131. The summed E-state index contributed by atoms with van der Waals surface area (Å²) in [6, 6.07) is 5.35. The van der Waals surface area contributed by atoms with Crippen LogP contribution in [0.1, 0.15) is 27.3 Å². The average molecular weight is 358 g/mol. The third-order valence-electron chi connectivity index (χ3n) is 4.23. The van der Waals surface area contributed by atoms with Gasteiger partial charge in [-0.3, -0.25) is 9.78 Å². The molecule has 3 aromatic rings. The molecule has 3 heterocycles. The summed E-state index contributed by atoms with van der Waals surface area (Å²) in [7, 11) is 0. The lowest BCUT2D eigenvalue weighted by molar-refractivity contribution is 0.0945. The van der Waals surface area contributed by atoms with Crippen LogP contribution in [0.2, 0.25) is 0 Å². The summed E-state index contributed by atoms with van der Waals surface area (Å²) >= 11 is 0. The van der Waals surface area contributed by atoms with Crippen LogP contribution in [0.3, 0.4) is 0 Å². The van der Waals surface area contributed by atoms with Crippen molar-refractivity contribution in [3.63, 3.8) is 0 Å². The highest BCUT2D eigenvalue weighted by atomic mass is 19.2. The molecule has 1 amide bonds. The maximum Gasteiger partial charge on any atom is 0.254 e. The Morgan fingerprint density at radius 2 is 1.92 bits per heavy atom. The molecule has 8 heteroatoms. The largest absolute Gasteiger partial charge is 0.352 e. The standard InChI is InChI=1S/C18H13F3N4O/c19-14-6-10(7-15(20)17(14)21)5-11-8-12(1-3-22-11)25-16-2-4-23-18(26)13(16)9-24-25/h1,3,6-9H,2,4-5H2,(H,23,26). The fraction of sp³-hybridized carbons (Fsp3) is 0.167. The van der Waals surface area contributed by atoms with Crippen LogP contribution in [0.15, 0.2) is 36.7 Å². The Morgan fingerprint density at radius 1 is 1.15 bits per heavy atom. The third-order valence-corrected chi connectivity index (χ3v) is 4.23. The molecule has 5 nitrogen and oxygen atoms in total. The van der Waals surface area contributed by atoms with E-state index in [2.05, 4.69) is 15.4 Å². The Kier molecular flexibility index (Phi) is 3.95. The molecule has 0 atom stereocenters. The number of benzene rings is 1. The van der Waals surface area contributed by atoms with Gasteiger partial charge in [0.25, 0.3) is 5.91 Å². The van der Waals surface area contributed by atoms with Crippen molar-refractivity contribution in [2.45, 2.75) is 12.8 Å². The van der Waals surface area contributed by atoms with Crippen molar-refractivity contribution in [2.24, 2.45) is 0 Å². The smallest absolute Gasteiger partial charge is 0.254 e. The first-order chi connectivity index (χ1) is 12.5. The number of hydrogen-bond acceptors (Lipinski definition) is 3. The highest BCUT2D eigenvalue weighted by Gasteiger charge is 2.22. The van der Waals surface area contributed by atoms with Crippen molar-refractivity contribution in [1.82, 2.24) is 20.1 Å².